The predicted octanol–water partition coefficient (Wildman–Crippen LogP) is 0.823. The van der Waals surface area contributed by atoms with Gasteiger partial charge < -0.3 is 10.6 Å². The van der Waals surface area contributed by atoms with Crippen LogP contribution in [0.25, 0.3) is 0 Å². The summed E-state index contributed by atoms with van der Waals surface area (Å²) in [5, 5.41) is 6.47. The average molecular weight is 193 g/mol. The van der Waals surface area contributed by atoms with E-state index in [1.165, 1.54) is 5.69 Å². The number of aryl methyl sites for hydroxylation is 1. The van der Waals surface area contributed by atoms with Crippen LogP contribution in [-0.4, -0.2) is 31.7 Å². The molecule has 0 unspecified atom stereocenters. The number of hydrogen-bond acceptors (Lipinski definition) is 3. The minimum atomic E-state index is 1.03. The molecule has 3 nitrogen and oxygen atoms in total. The van der Waals surface area contributed by atoms with E-state index in [9.17, 15) is 0 Å². The Morgan fingerprint density at radius 3 is 2.86 bits per heavy atom. The maximum Gasteiger partial charge on any atom is 0.0404 e. The minimum Gasteiger partial charge on any atom is -0.318 e. The van der Waals surface area contributed by atoms with Gasteiger partial charge >= 0.3 is 0 Å². The SMILES string of the molecule is CNCCNCCCc1ccccn1. The Morgan fingerprint density at radius 2 is 2.14 bits per heavy atom. The lowest BCUT2D eigenvalue weighted by atomic mass is 10.2. The third-order valence-electron chi connectivity index (χ3n) is 2.06. The molecule has 0 radical (unpaired) electrons. The molecule has 0 aliphatic rings. The average Bonchev–Trinajstić information content (AvgIpc) is 2.25. The van der Waals surface area contributed by atoms with Crippen LogP contribution in [0.15, 0.2) is 24.4 Å². The van der Waals surface area contributed by atoms with Gasteiger partial charge in [-0.1, -0.05) is 6.07 Å². The Morgan fingerprint density at radius 1 is 1.21 bits per heavy atom. The van der Waals surface area contributed by atoms with Gasteiger partial charge in [0.25, 0.3) is 0 Å². The highest BCUT2D eigenvalue weighted by Gasteiger charge is 1.92. The van der Waals surface area contributed by atoms with Gasteiger partial charge in [0, 0.05) is 25.0 Å². The summed E-state index contributed by atoms with van der Waals surface area (Å²) in [7, 11) is 1.97. The third-order valence-corrected chi connectivity index (χ3v) is 2.06. The molecule has 14 heavy (non-hydrogen) atoms. The molecule has 0 spiro atoms. The summed E-state index contributed by atoms with van der Waals surface area (Å²) in [4.78, 5) is 4.27. The number of rotatable bonds is 7. The molecular weight excluding hydrogens is 174 g/mol. The van der Waals surface area contributed by atoms with Crippen LogP contribution < -0.4 is 10.6 Å². The number of hydrogen-bond donors (Lipinski definition) is 2. The second-order valence-corrected chi connectivity index (χ2v) is 3.28. The highest BCUT2D eigenvalue weighted by molar-refractivity contribution is 5.03. The summed E-state index contributed by atoms with van der Waals surface area (Å²) >= 11 is 0. The van der Waals surface area contributed by atoms with Crippen LogP contribution >= 0.6 is 0 Å². The molecule has 0 saturated carbocycles. The van der Waals surface area contributed by atoms with E-state index in [1.807, 2.05) is 25.4 Å². The summed E-state index contributed by atoms with van der Waals surface area (Å²) in [6, 6.07) is 6.07. The zero-order valence-electron chi connectivity index (χ0n) is 8.79. The molecule has 0 aliphatic carbocycles. The molecule has 0 fully saturated rings. The number of pyridine rings is 1. The van der Waals surface area contributed by atoms with Gasteiger partial charge in [0.2, 0.25) is 0 Å². The standard InChI is InChI=1S/C11H19N3/c1-12-9-10-13-7-4-6-11-5-2-3-8-14-11/h2-3,5,8,12-13H,4,6-7,9-10H2,1H3. The zero-order chi connectivity index (χ0) is 10.1. The zero-order valence-corrected chi connectivity index (χ0v) is 8.79. The van der Waals surface area contributed by atoms with E-state index in [0.29, 0.717) is 0 Å². The first-order valence-electron chi connectivity index (χ1n) is 5.18. The van der Waals surface area contributed by atoms with Crippen LogP contribution in [0.5, 0.6) is 0 Å². The quantitative estimate of drug-likeness (QED) is 0.630. The molecule has 0 saturated heterocycles. The summed E-state index contributed by atoms with van der Waals surface area (Å²) in [5.74, 6) is 0. The largest absolute Gasteiger partial charge is 0.318 e. The van der Waals surface area contributed by atoms with Gasteiger partial charge in [-0.2, -0.15) is 0 Å². The molecule has 1 aromatic rings. The van der Waals surface area contributed by atoms with Gasteiger partial charge in [-0.15, -0.1) is 0 Å². The predicted molar refractivity (Wildman–Crippen MR) is 59.4 cm³/mol. The van der Waals surface area contributed by atoms with Gasteiger partial charge in [0.05, 0.1) is 0 Å². The van der Waals surface area contributed by atoms with Crippen LogP contribution in [-0.2, 0) is 6.42 Å². The lowest BCUT2D eigenvalue weighted by Crippen LogP contribution is -2.25. The lowest BCUT2D eigenvalue weighted by molar-refractivity contribution is 0.622. The fraction of sp³-hybridized carbons (Fsp3) is 0.545. The first-order chi connectivity index (χ1) is 6.93. The molecule has 1 aromatic heterocycles. The van der Waals surface area contributed by atoms with E-state index in [2.05, 4.69) is 21.7 Å². The molecule has 0 bridgehead atoms. The molecule has 0 aromatic carbocycles. The smallest absolute Gasteiger partial charge is 0.0404 e. The van der Waals surface area contributed by atoms with E-state index in [-0.39, 0.29) is 0 Å². The van der Waals surface area contributed by atoms with E-state index >= 15 is 0 Å². The first kappa shape index (κ1) is 11.1. The van der Waals surface area contributed by atoms with Crippen molar-refractivity contribution in [2.75, 3.05) is 26.7 Å². The van der Waals surface area contributed by atoms with Crippen molar-refractivity contribution in [1.29, 1.82) is 0 Å². The van der Waals surface area contributed by atoms with Crippen LogP contribution in [0, 0.1) is 0 Å². The number of nitrogens with zero attached hydrogens (tertiary/aromatic N) is 1. The second kappa shape index (κ2) is 7.47. The van der Waals surface area contributed by atoms with Crippen molar-refractivity contribution < 1.29 is 0 Å². The lowest BCUT2D eigenvalue weighted by Gasteiger charge is -2.03. The van der Waals surface area contributed by atoms with Crippen molar-refractivity contribution in [3.63, 3.8) is 0 Å². The van der Waals surface area contributed by atoms with Crippen molar-refractivity contribution in [2.45, 2.75) is 12.8 Å². The maximum absolute atomic E-state index is 4.27. The molecule has 3 heteroatoms. The van der Waals surface area contributed by atoms with E-state index in [1.54, 1.807) is 0 Å². The summed E-state index contributed by atoms with van der Waals surface area (Å²) in [5.41, 5.74) is 1.18. The Hall–Kier alpha value is -0.930. The third kappa shape index (κ3) is 4.94. The van der Waals surface area contributed by atoms with Crippen molar-refractivity contribution in [1.82, 2.24) is 15.6 Å². The normalized spacial score (nSPS) is 10.4. The van der Waals surface area contributed by atoms with Crippen molar-refractivity contribution >= 4 is 0 Å². The summed E-state index contributed by atoms with van der Waals surface area (Å²) in [6.45, 7) is 3.14. The van der Waals surface area contributed by atoms with Gasteiger partial charge in [0.1, 0.15) is 0 Å². The highest BCUT2D eigenvalue weighted by Crippen LogP contribution is 1.96. The van der Waals surface area contributed by atoms with Crippen LogP contribution in [0.2, 0.25) is 0 Å². The minimum absolute atomic E-state index is 1.03. The van der Waals surface area contributed by atoms with E-state index in [4.69, 9.17) is 0 Å². The Bertz CT molecular complexity index is 223. The molecule has 0 amide bonds. The molecule has 0 atom stereocenters. The maximum atomic E-state index is 4.27. The second-order valence-electron chi connectivity index (χ2n) is 3.28. The topological polar surface area (TPSA) is 37.0 Å². The van der Waals surface area contributed by atoms with Crippen molar-refractivity contribution in [2.24, 2.45) is 0 Å². The molecule has 0 aliphatic heterocycles. The van der Waals surface area contributed by atoms with Gasteiger partial charge in [-0.25, -0.2) is 0 Å². The molecular formula is C11H19N3. The Kier molecular flexibility index (Phi) is 5.95. The van der Waals surface area contributed by atoms with Gasteiger partial charge in [-0.05, 0) is 38.6 Å². The molecule has 78 valence electrons. The molecule has 2 N–H and O–H groups in total. The Balaban J connectivity index is 1.99. The fourth-order valence-corrected chi connectivity index (χ4v) is 1.28. The molecule has 1 heterocycles. The van der Waals surface area contributed by atoms with Crippen molar-refractivity contribution in [3.8, 4) is 0 Å². The monoisotopic (exact) mass is 193 g/mol. The van der Waals surface area contributed by atoms with Crippen LogP contribution in [0.4, 0.5) is 0 Å². The van der Waals surface area contributed by atoms with Gasteiger partial charge in [-0.3, -0.25) is 4.98 Å². The Labute approximate surface area is 85.9 Å². The summed E-state index contributed by atoms with van der Waals surface area (Å²) in [6.07, 6.45) is 4.07. The van der Waals surface area contributed by atoms with Crippen LogP contribution in [0.3, 0.4) is 0 Å². The molecule has 1 rings (SSSR count). The van der Waals surface area contributed by atoms with E-state index in [0.717, 1.165) is 32.5 Å². The summed E-state index contributed by atoms with van der Waals surface area (Å²) < 4.78 is 0. The van der Waals surface area contributed by atoms with Crippen LogP contribution in [0.1, 0.15) is 12.1 Å². The first-order valence-corrected chi connectivity index (χ1v) is 5.18. The number of nitrogens with one attached hydrogen (secondary N) is 2. The highest BCUT2D eigenvalue weighted by atomic mass is 14.9. The number of aromatic nitrogens is 1. The van der Waals surface area contributed by atoms with Gasteiger partial charge in [0.15, 0.2) is 0 Å². The fourth-order valence-electron chi connectivity index (χ4n) is 1.28. The number of likely N-dealkylation sites (N-methyl/N-ethyl adjacent to an activating group) is 1. The van der Waals surface area contributed by atoms with E-state index < -0.39 is 0 Å². The van der Waals surface area contributed by atoms with Crippen molar-refractivity contribution in [3.05, 3.63) is 30.1 Å².